The van der Waals surface area contributed by atoms with Gasteiger partial charge in [-0.25, -0.2) is 19.3 Å². The predicted molar refractivity (Wildman–Crippen MR) is 142 cm³/mol. The van der Waals surface area contributed by atoms with Gasteiger partial charge in [-0.2, -0.15) is 4.98 Å². The maximum Gasteiger partial charge on any atom is 0.278 e. The molecule has 11 heteroatoms. The monoisotopic (exact) mass is 510 g/mol. The average Bonchev–Trinajstić information content (AvgIpc) is 3.18. The topological polar surface area (TPSA) is 110 Å². The van der Waals surface area contributed by atoms with Gasteiger partial charge in [-0.1, -0.05) is 18.2 Å². The van der Waals surface area contributed by atoms with E-state index in [0.29, 0.717) is 53.9 Å². The van der Waals surface area contributed by atoms with Crippen LogP contribution < -0.4 is 20.5 Å². The summed E-state index contributed by atoms with van der Waals surface area (Å²) < 4.78 is 8.90. The average molecular weight is 511 g/mol. The predicted octanol–water partition coefficient (Wildman–Crippen LogP) is 2.39. The second-order valence-electron chi connectivity index (χ2n) is 9.81. The van der Waals surface area contributed by atoms with Crippen LogP contribution in [0.5, 0.6) is 5.75 Å². The molecule has 0 radical (unpaired) electrons. The van der Waals surface area contributed by atoms with E-state index in [0.717, 1.165) is 25.2 Å². The second kappa shape index (κ2) is 8.80. The second-order valence-corrected chi connectivity index (χ2v) is 9.81. The number of likely N-dealkylation sites (N-methyl/N-ethyl adjacent to an activating group) is 1. The molecule has 1 amide bonds. The zero-order valence-corrected chi connectivity index (χ0v) is 20.9. The summed E-state index contributed by atoms with van der Waals surface area (Å²) in [6.07, 6.45) is 7.08. The molecule has 4 aromatic rings. The third kappa shape index (κ3) is 3.74. The van der Waals surface area contributed by atoms with Crippen LogP contribution in [0.25, 0.3) is 16.9 Å². The highest BCUT2D eigenvalue weighted by atomic mass is 16.5. The number of allylic oxidation sites excluding steroid dienone is 1. The van der Waals surface area contributed by atoms with Gasteiger partial charge in [-0.3, -0.25) is 14.5 Å². The number of ether oxygens (including phenoxy) is 1. The van der Waals surface area contributed by atoms with Crippen LogP contribution in [-0.4, -0.2) is 61.9 Å². The summed E-state index contributed by atoms with van der Waals surface area (Å²) in [5.41, 5.74) is 3.76. The number of rotatable bonds is 2. The van der Waals surface area contributed by atoms with Crippen molar-refractivity contribution < 1.29 is 9.53 Å². The zero-order chi connectivity index (χ0) is 25.8. The number of anilines is 3. The van der Waals surface area contributed by atoms with Crippen molar-refractivity contribution in [3.63, 3.8) is 0 Å². The van der Waals surface area contributed by atoms with E-state index in [1.54, 1.807) is 32.6 Å². The van der Waals surface area contributed by atoms with E-state index in [-0.39, 0.29) is 18.1 Å². The van der Waals surface area contributed by atoms with E-state index in [2.05, 4.69) is 34.4 Å². The van der Waals surface area contributed by atoms with E-state index >= 15 is 0 Å². The number of carbonyl (C=O) groups excluding carboxylic acids is 1. The van der Waals surface area contributed by atoms with Crippen molar-refractivity contribution in [2.75, 3.05) is 37.0 Å². The molecular formula is C27H26N8O3. The molecule has 3 aliphatic heterocycles. The highest BCUT2D eigenvalue weighted by Gasteiger charge is 2.28. The van der Waals surface area contributed by atoms with Crippen LogP contribution in [0.3, 0.4) is 0 Å². The summed E-state index contributed by atoms with van der Waals surface area (Å²) >= 11 is 0. The Bertz CT molecular complexity index is 1690. The van der Waals surface area contributed by atoms with Crippen LogP contribution in [0.2, 0.25) is 0 Å². The molecule has 0 spiro atoms. The first kappa shape index (κ1) is 22.7. The smallest absolute Gasteiger partial charge is 0.278 e. The number of nitrogens with zero attached hydrogens (tertiary/aromatic N) is 7. The summed E-state index contributed by atoms with van der Waals surface area (Å²) in [6.45, 7) is 2.76. The first-order valence-corrected chi connectivity index (χ1v) is 12.7. The summed E-state index contributed by atoms with van der Waals surface area (Å²) in [6, 6.07) is 9.87. The van der Waals surface area contributed by atoms with Crippen LogP contribution in [0.1, 0.15) is 17.5 Å². The van der Waals surface area contributed by atoms with Crippen molar-refractivity contribution in [2.24, 2.45) is 0 Å². The Morgan fingerprint density at radius 1 is 1.03 bits per heavy atom. The Morgan fingerprint density at radius 2 is 1.95 bits per heavy atom. The highest BCUT2D eigenvalue weighted by Crippen LogP contribution is 2.32. The van der Waals surface area contributed by atoms with Crippen molar-refractivity contribution in [2.45, 2.75) is 25.9 Å². The van der Waals surface area contributed by atoms with Gasteiger partial charge in [0.2, 0.25) is 5.95 Å². The minimum absolute atomic E-state index is 0.0173. The van der Waals surface area contributed by atoms with Gasteiger partial charge >= 0.3 is 0 Å². The summed E-state index contributed by atoms with van der Waals surface area (Å²) in [7, 11) is 2.13. The van der Waals surface area contributed by atoms with E-state index in [1.807, 2.05) is 18.2 Å². The van der Waals surface area contributed by atoms with Gasteiger partial charge in [0.25, 0.3) is 11.5 Å². The number of nitrogens with one attached hydrogen (secondary N) is 1. The zero-order valence-electron chi connectivity index (χ0n) is 20.9. The highest BCUT2D eigenvalue weighted by molar-refractivity contribution is 5.96. The van der Waals surface area contributed by atoms with Crippen molar-refractivity contribution in [1.82, 2.24) is 29.2 Å². The van der Waals surface area contributed by atoms with Crippen LogP contribution in [0.4, 0.5) is 17.5 Å². The minimum atomic E-state index is -0.211. The number of hydrogen-bond donors (Lipinski definition) is 1. The van der Waals surface area contributed by atoms with Crippen LogP contribution in [0, 0.1) is 0 Å². The molecule has 192 valence electrons. The molecule has 0 fully saturated rings. The van der Waals surface area contributed by atoms with Gasteiger partial charge in [0.15, 0.2) is 29.6 Å². The maximum absolute atomic E-state index is 13.4. The number of pyridine rings is 1. The molecular weight excluding hydrogens is 484 g/mol. The van der Waals surface area contributed by atoms with Gasteiger partial charge < -0.3 is 15.0 Å². The molecule has 0 saturated carbocycles. The molecule has 1 N–H and O–H groups in total. The Balaban J connectivity index is 1.34. The van der Waals surface area contributed by atoms with Gasteiger partial charge in [0, 0.05) is 31.5 Å². The fraction of sp³-hybridized carbons (Fsp3) is 0.296. The minimum Gasteiger partial charge on any atom is -0.480 e. The molecule has 7 rings (SSSR count). The molecule has 0 aliphatic carbocycles. The lowest BCUT2D eigenvalue weighted by Gasteiger charge is -2.28. The normalized spacial score (nSPS) is 17.0. The standard InChI is InChI=1S/C27H26N8O3/c1-32-12-9-17-13-19(6-5-18(17)15-32)29-27-28-14-20-24(31-27)35-22-8-7-21-25(30-22)33(23(36)16-38-21)10-3-2-4-11-34(35)26(20)37/h2,4-8,13-14H,3,9-12,15-16H2,1H3,(H,28,29,31). The fourth-order valence-electron chi connectivity index (χ4n) is 5.30. The Kier molecular flexibility index (Phi) is 5.25. The number of fused-ring (bicyclic) bond motifs is 6. The van der Waals surface area contributed by atoms with Crippen molar-refractivity contribution in [3.8, 4) is 11.6 Å². The van der Waals surface area contributed by atoms with Gasteiger partial charge in [0.05, 0.1) is 6.54 Å². The first-order chi connectivity index (χ1) is 18.5. The fourth-order valence-corrected chi connectivity index (χ4v) is 5.30. The van der Waals surface area contributed by atoms with Crippen molar-refractivity contribution >= 4 is 34.4 Å². The lowest BCUT2D eigenvalue weighted by atomic mass is 9.99. The quantitative estimate of drug-likeness (QED) is 0.410. The van der Waals surface area contributed by atoms with E-state index < -0.39 is 0 Å². The van der Waals surface area contributed by atoms with Crippen LogP contribution >= 0.6 is 0 Å². The summed E-state index contributed by atoms with van der Waals surface area (Å²) in [4.78, 5) is 43.9. The molecule has 38 heavy (non-hydrogen) atoms. The Hall–Kier alpha value is -4.51. The summed E-state index contributed by atoms with van der Waals surface area (Å²) in [5.74, 6) is 1.70. The number of hydrogen-bond acceptors (Lipinski definition) is 8. The number of carbonyl (C=O) groups is 1. The van der Waals surface area contributed by atoms with Gasteiger partial charge in [0.1, 0.15) is 5.39 Å². The Morgan fingerprint density at radius 3 is 2.87 bits per heavy atom. The van der Waals surface area contributed by atoms with E-state index in [1.165, 1.54) is 11.1 Å². The van der Waals surface area contributed by atoms with Crippen LogP contribution in [0.15, 0.2) is 53.5 Å². The summed E-state index contributed by atoms with van der Waals surface area (Å²) in [5, 5.41) is 3.70. The molecule has 0 saturated heterocycles. The van der Waals surface area contributed by atoms with Gasteiger partial charge in [-0.15, -0.1) is 0 Å². The largest absolute Gasteiger partial charge is 0.480 e. The molecule has 0 unspecified atom stereocenters. The maximum atomic E-state index is 13.4. The number of aromatic nitrogens is 5. The molecule has 3 aliphatic rings. The Labute approximate surface area is 218 Å². The molecule has 6 heterocycles. The molecule has 3 aromatic heterocycles. The van der Waals surface area contributed by atoms with E-state index in [4.69, 9.17) is 14.7 Å². The van der Waals surface area contributed by atoms with Crippen molar-refractivity contribution in [3.05, 3.63) is 70.2 Å². The first-order valence-electron chi connectivity index (χ1n) is 12.7. The van der Waals surface area contributed by atoms with Crippen LogP contribution in [-0.2, 0) is 24.3 Å². The number of amides is 1. The molecule has 2 bridgehead atoms. The third-order valence-electron chi connectivity index (χ3n) is 7.25. The van der Waals surface area contributed by atoms with E-state index in [9.17, 15) is 9.59 Å². The van der Waals surface area contributed by atoms with Crippen molar-refractivity contribution in [1.29, 1.82) is 0 Å². The third-order valence-corrected chi connectivity index (χ3v) is 7.25. The molecule has 1 aromatic carbocycles. The SMILES string of the molecule is CN1CCc2cc(Nc3ncc4c(=O)n5n(c4n3)-c3ccc4c(n3)N(CCC=CC5)C(=O)CO4)ccc2C1. The number of benzene rings is 1. The van der Waals surface area contributed by atoms with Gasteiger partial charge in [-0.05, 0) is 55.3 Å². The lowest BCUT2D eigenvalue weighted by Crippen LogP contribution is -2.40. The lowest BCUT2D eigenvalue weighted by molar-refractivity contribution is -0.121. The molecule has 11 nitrogen and oxygen atoms in total. The molecule has 0 atom stereocenters.